The highest BCUT2D eigenvalue weighted by Crippen LogP contribution is 2.56. The first-order valence-corrected chi connectivity index (χ1v) is 11.2. The molecule has 2 N–H and O–H groups in total. The summed E-state index contributed by atoms with van der Waals surface area (Å²) in [6, 6.07) is 0. The molecule has 0 saturated heterocycles. The normalized spacial score (nSPS) is 37.0. The first kappa shape index (κ1) is 20.9. The van der Waals surface area contributed by atoms with Gasteiger partial charge in [-0.25, -0.2) is 4.99 Å². The Hall–Kier alpha value is -2.32. The Labute approximate surface area is 180 Å². The first-order valence-electron chi connectivity index (χ1n) is 11.2. The van der Waals surface area contributed by atoms with Gasteiger partial charge in [-0.1, -0.05) is 30.6 Å². The second kappa shape index (κ2) is 8.07. The molecule has 0 aromatic heterocycles. The molecule has 0 aromatic carbocycles. The number of allylic oxidation sites excluding steroid dienone is 3. The van der Waals surface area contributed by atoms with Crippen LogP contribution in [0, 0.1) is 23.2 Å². The number of nitrogens with zero attached hydrogens (tertiary/aromatic N) is 2. The van der Waals surface area contributed by atoms with Crippen molar-refractivity contribution in [2.24, 2.45) is 22.1 Å². The van der Waals surface area contributed by atoms with Gasteiger partial charge in [0.15, 0.2) is 11.5 Å². The van der Waals surface area contributed by atoms with Crippen molar-refractivity contribution < 1.29 is 9.53 Å². The van der Waals surface area contributed by atoms with Gasteiger partial charge in [0.1, 0.15) is 0 Å². The molecule has 5 heteroatoms. The molecule has 1 atom stereocenters. The molecule has 0 bridgehead atoms. The van der Waals surface area contributed by atoms with Gasteiger partial charge in [0.2, 0.25) is 0 Å². The lowest BCUT2D eigenvalue weighted by Gasteiger charge is -2.49. The molecule has 0 radical (unpaired) electrons. The predicted octanol–water partition coefficient (Wildman–Crippen LogP) is 3.72. The Morgan fingerprint density at radius 3 is 2.63 bits per heavy atom. The fraction of sp³-hybridized carbons (Fsp3) is 0.600. The molecule has 1 amide bonds. The molecule has 30 heavy (non-hydrogen) atoms. The number of likely N-dealkylation sites (N-methyl/N-ethyl adjacent to an activating group) is 1. The molecule has 0 aromatic rings. The van der Waals surface area contributed by atoms with E-state index in [0.29, 0.717) is 24.0 Å². The largest absolute Gasteiger partial charge is 0.381 e. The summed E-state index contributed by atoms with van der Waals surface area (Å²) in [6.45, 7) is 6.86. The van der Waals surface area contributed by atoms with Gasteiger partial charge in [-0.3, -0.25) is 9.69 Å². The van der Waals surface area contributed by atoms with Gasteiger partial charge in [-0.2, -0.15) is 0 Å². The number of hydrogen-bond donors (Lipinski definition) is 1. The summed E-state index contributed by atoms with van der Waals surface area (Å²) < 4.78 is 5.63. The Morgan fingerprint density at radius 1 is 1.30 bits per heavy atom. The average Bonchev–Trinajstić information content (AvgIpc) is 3.53. The van der Waals surface area contributed by atoms with Gasteiger partial charge >= 0.3 is 0 Å². The van der Waals surface area contributed by atoms with Crippen molar-refractivity contribution in [1.82, 2.24) is 4.90 Å². The fourth-order valence-electron chi connectivity index (χ4n) is 5.35. The van der Waals surface area contributed by atoms with E-state index in [-0.39, 0.29) is 17.4 Å². The van der Waals surface area contributed by atoms with Crippen LogP contribution >= 0.6 is 0 Å². The van der Waals surface area contributed by atoms with Crippen molar-refractivity contribution in [1.29, 1.82) is 0 Å². The number of rotatable bonds is 2. The molecule has 2 saturated carbocycles. The van der Waals surface area contributed by atoms with Crippen molar-refractivity contribution in [3.05, 3.63) is 36.0 Å². The molecule has 2 fully saturated rings. The van der Waals surface area contributed by atoms with E-state index in [9.17, 15) is 4.79 Å². The minimum atomic E-state index is -1.05. The van der Waals surface area contributed by atoms with E-state index in [1.807, 2.05) is 13.0 Å². The van der Waals surface area contributed by atoms with Crippen LogP contribution in [0.1, 0.15) is 58.3 Å². The number of nitrogens with two attached hydrogens (primary N) is 1. The lowest BCUT2D eigenvalue weighted by Crippen LogP contribution is -2.57. The molecule has 3 aliphatic carbocycles. The average molecular weight is 408 g/mol. The lowest BCUT2D eigenvalue weighted by atomic mass is 9.56. The number of fused-ring (bicyclic) bond motifs is 1. The van der Waals surface area contributed by atoms with E-state index in [2.05, 4.69) is 30.6 Å². The van der Waals surface area contributed by atoms with Crippen LogP contribution in [-0.2, 0) is 9.53 Å². The lowest BCUT2D eigenvalue weighted by molar-refractivity contribution is -0.136. The second-order valence-electron chi connectivity index (χ2n) is 9.05. The van der Waals surface area contributed by atoms with Crippen LogP contribution in [-0.4, -0.2) is 42.1 Å². The molecule has 4 aliphatic rings. The van der Waals surface area contributed by atoms with Crippen molar-refractivity contribution in [3.8, 4) is 11.8 Å². The molecular formula is C25H33N3O2. The molecule has 1 unspecified atom stereocenters. The maximum Gasteiger partial charge on any atom is 0.262 e. The van der Waals surface area contributed by atoms with E-state index in [1.165, 1.54) is 12.8 Å². The number of carbonyl (C=O) groups is 1. The van der Waals surface area contributed by atoms with Crippen LogP contribution < -0.4 is 5.73 Å². The third kappa shape index (κ3) is 3.41. The first-order chi connectivity index (χ1) is 14.5. The van der Waals surface area contributed by atoms with E-state index >= 15 is 0 Å². The summed E-state index contributed by atoms with van der Waals surface area (Å²) in [7, 11) is 1.77. The fourth-order valence-corrected chi connectivity index (χ4v) is 5.35. The maximum absolute atomic E-state index is 13.9. The zero-order valence-corrected chi connectivity index (χ0v) is 18.2. The van der Waals surface area contributed by atoms with E-state index in [0.717, 1.165) is 44.1 Å². The Kier molecular flexibility index (Phi) is 5.63. The SMILES string of the molecule is C=C1/C=C(C#CC2CC2)\C=C/CCC2(CCC(OC)CC2)C12N=C(N)N(CC)C2=O. The summed E-state index contributed by atoms with van der Waals surface area (Å²) in [5.41, 5.74) is 6.55. The topological polar surface area (TPSA) is 67.9 Å². The highest BCUT2D eigenvalue weighted by Gasteiger charge is 2.62. The van der Waals surface area contributed by atoms with Crippen molar-refractivity contribution in [3.63, 3.8) is 0 Å². The number of ether oxygens (including phenoxy) is 1. The summed E-state index contributed by atoms with van der Waals surface area (Å²) in [5.74, 6) is 7.44. The predicted molar refractivity (Wildman–Crippen MR) is 120 cm³/mol. The number of hydrogen-bond acceptors (Lipinski definition) is 4. The quantitative estimate of drug-likeness (QED) is 0.710. The van der Waals surface area contributed by atoms with Crippen molar-refractivity contribution >= 4 is 11.9 Å². The third-order valence-corrected chi connectivity index (χ3v) is 7.30. The van der Waals surface area contributed by atoms with Crippen LogP contribution in [0.2, 0.25) is 0 Å². The number of carbonyl (C=O) groups excluding carboxylic acids is 1. The number of methoxy groups -OCH3 is 1. The molecule has 4 rings (SSSR count). The van der Waals surface area contributed by atoms with E-state index < -0.39 is 5.54 Å². The molecule has 5 nitrogen and oxygen atoms in total. The highest BCUT2D eigenvalue weighted by molar-refractivity contribution is 6.09. The monoisotopic (exact) mass is 407 g/mol. The third-order valence-electron chi connectivity index (χ3n) is 7.30. The summed E-state index contributed by atoms with van der Waals surface area (Å²) in [6.07, 6.45) is 14.2. The molecule has 1 aliphatic heterocycles. The summed E-state index contributed by atoms with van der Waals surface area (Å²) in [5, 5.41) is 0. The van der Waals surface area contributed by atoms with Gasteiger partial charge in [-0.15, -0.1) is 0 Å². The minimum Gasteiger partial charge on any atom is -0.381 e. The minimum absolute atomic E-state index is 0.0315. The molecule has 1 heterocycles. The Balaban J connectivity index is 1.81. The zero-order chi connectivity index (χ0) is 21.4. The van der Waals surface area contributed by atoms with Crippen molar-refractivity contribution in [2.75, 3.05) is 13.7 Å². The van der Waals surface area contributed by atoms with Gasteiger partial charge in [0.05, 0.1) is 6.10 Å². The van der Waals surface area contributed by atoms with Crippen molar-refractivity contribution in [2.45, 2.75) is 69.9 Å². The molecule has 160 valence electrons. The van der Waals surface area contributed by atoms with E-state index in [1.54, 1.807) is 12.0 Å². The standard InChI is InChI=1S/C25H33N3O2/c1-4-28-22(29)25(27-23(28)26)18(2)17-20(11-10-19-8-9-19)7-5-6-14-24(25)15-12-21(30-3)13-16-24/h5,7,17,19,21H,2,4,6,8-9,12-16H2,1,3H3,(H2,26,27)/b7-5-,20-17+. The van der Waals surface area contributed by atoms with Crippen LogP contribution in [0.4, 0.5) is 0 Å². The van der Waals surface area contributed by atoms with Gasteiger partial charge in [-0.05, 0) is 69.9 Å². The van der Waals surface area contributed by atoms with Crippen LogP contribution in [0.5, 0.6) is 0 Å². The molecule has 2 spiro atoms. The molecular weight excluding hydrogens is 374 g/mol. The highest BCUT2D eigenvalue weighted by atomic mass is 16.5. The maximum atomic E-state index is 13.9. The number of aliphatic imine (C=N–C) groups is 1. The van der Waals surface area contributed by atoms with Crippen LogP contribution in [0.3, 0.4) is 0 Å². The Bertz CT molecular complexity index is 876. The zero-order valence-electron chi connectivity index (χ0n) is 18.2. The summed E-state index contributed by atoms with van der Waals surface area (Å²) in [4.78, 5) is 20.4. The van der Waals surface area contributed by atoms with Crippen LogP contribution in [0.15, 0.2) is 40.9 Å². The Morgan fingerprint density at radius 2 is 2.03 bits per heavy atom. The van der Waals surface area contributed by atoms with E-state index in [4.69, 9.17) is 15.5 Å². The number of amides is 1. The second-order valence-corrected chi connectivity index (χ2v) is 9.05. The van der Waals surface area contributed by atoms with Gasteiger partial charge < -0.3 is 10.5 Å². The summed E-state index contributed by atoms with van der Waals surface area (Å²) >= 11 is 0. The van der Waals surface area contributed by atoms with Crippen LogP contribution in [0.25, 0.3) is 0 Å². The van der Waals surface area contributed by atoms with Gasteiger partial charge in [0.25, 0.3) is 5.91 Å². The van der Waals surface area contributed by atoms with Gasteiger partial charge in [0, 0.05) is 30.6 Å². The number of guanidine groups is 1. The smallest absolute Gasteiger partial charge is 0.262 e.